The van der Waals surface area contributed by atoms with Crippen LogP contribution in [-0.2, 0) is 11.4 Å². The number of ether oxygens (including phenoxy) is 1. The lowest BCUT2D eigenvalue weighted by molar-refractivity contribution is 0.0379. The fourth-order valence-electron chi connectivity index (χ4n) is 3.04. The largest absolute Gasteiger partial charge is 0.459 e. The first kappa shape index (κ1) is 22.2. The second kappa shape index (κ2) is 8.72. The van der Waals surface area contributed by atoms with Crippen LogP contribution in [0.5, 0.6) is 0 Å². The number of hydrogen-bond acceptors (Lipinski definition) is 7. The number of aromatic nitrogens is 4. The van der Waals surface area contributed by atoms with Gasteiger partial charge in [0.1, 0.15) is 11.7 Å². The van der Waals surface area contributed by atoms with Gasteiger partial charge in [-0.1, -0.05) is 0 Å². The van der Waals surface area contributed by atoms with Crippen molar-refractivity contribution in [2.75, 3.05) is 5.32 Å². The molecule has 164 valence electrons. The van der Waals surface area contributed by atoms with Crippen LogP contribution in [0.15, 0.2) is 18.3 Å². The number of carbonyl (C=O) groups is 3. The Morgan fingerprint density at radius 2 is 1.94 bits per heavy atom. The Hall–Kier alpha value is -3.47. The molecule has 0 aromatic carbocycles. The molecule has 3 aromatic rings. The Morgan fingerprint density at radius 3 is 2.52 bits per heavy atom. The molecular formula is C20H24N6O4S. The molecule has 0 aliphatic rings. The number of carbonyl (C=O) groups excluding carboxylic acids is 3. The molecule has 3 heterocycles. The molecule has 0 bridgehead atoms. The normalized spacial score (nSPS) is 11.0. The molecule has 0 aliphatic carbocycles. The van der Waals surface area contributed by atoms with Crippen molar-refractivity contribution in [1.82, 2.24) is 19.6 Å². The standard InChI is InChI=1S/C20H24N6O4S/c1-10(2)30-20(29)15-13(5)16(17(21)27)31-19(15)22-18(28)14-6-7-25(24-14)9-26-12(4)8-11(3)23-26/h6-8,10H,9H2,1-5H3,(H2,21,27)(H,22,28). The fraction of sp³-hybridized carbons (Fsp3) is 0.350. The molecule has 3 N–H and O–H groups in total. The van der Waals surface area contributed by atoms with Gasteiger partial charge in [-0.15, -0.1) is 11.3 Å². The van der Waals surface area contributed by atoms with E-state index in [1.54, 1.807) is 42.4 Å². The zero-order valence-electron chi connectivity index (χ0n) is 17.9. The first-order valence-corrected chi connectivity index (χ1v) is 10.4. The first-order valence-electron chi connectivity index (χ1n) is 9.56. The lowest BCUT2D eigenvalue weighted by Crippen LogP contribution is -2.18. The number of thiophene rings is 1. The van der Waals surface area contributed by atoms with Crippen molar-refractivity contribution < 1.29 is 19.1 Å². The zero-order chi connectivity index (χ0) is 22.9. The van der Waals surface area contributed by atoms with Gasteiger partial charge in [-0.25, -0.2) is 9.48 Å². The minimum atomic E-state index is -0.684. The predicted molar refractivity (Wildman–Crippen MR) is 115 cm³/mol. The average molecular weight is 445 g/mol. The molecule has 3 rings (SSSR count). The summed E-state index contributed by atoms with van der Waals surface area (Å²) >= 11 is 0.931. The van der Waals surface area contributed by atoms with E-state index in [1.807, 2.05) is 19.9 Å². The fourth-order valence-corrected chi connectivity index (χ4v) is 4.08. The molecule has 10 nitrogen and oxygen atoms in total. The lowest BCUT2D eigenvalue weighted by atomic mass is 10.1. The van der Waals surface area contributed by atoms with Crippen LogP contribution in [0, 0.1) is 20.8 Å². The highest BCUT2D eigenvalue weighted by molar-refractivity contribution is 7.18. The predicted octanol–water partition coefficient (Wildman–Crippen LogP) is 2.49. The van der Waals surface area contributed by atoms with Gasteiger partial charge in [-0.3, -0.25) is 14.3 Å². The SMILES string of the molecule is Cc1cc(C)n(Cn2ccc(C(=O)Nc3sc(C(N)=O)c(C)c3C(=O)OC(C)C)n2)n1. The molecule has 11 heteroatoms. The Bertz CT molecular complexity index is 1160. The average Bonchev–Trinajstić information content (AvgIpc) is 3.33. The summed E-state index contributed by atoms with van der Waals surface area (Å²) in [6, 6.07) is 3.51. The molecule has 3 aromatic heterocycles. The van der Waals surface area contributed by atoms with E-state index >= 15 is 0 Å². The molecule has 0 spiro atoms. The van der Waals surface area contributed by atoms with Crippen LogP contribution in [0.2, 0.25) is 0 Å². The highest BCUT2D eigenvalue weighted by Crippen LogP contribution is 2.34. The van der Waals surface area contributed by atoms with Gasteiger partial charge < -0.3 is 15.8 Å². The van der Waals surface area contributed by atoms with Gasteiger partial charge in [0.05, 0.1) is 22.2 Å². The number of nitrogens with two attached hydrogens (primary N) is 1. The number of anilines is 1. The maximum atomic E-state index is 12.8. The third-order valence-electron chi connectivity index (χ3n) is 4.40. The summed E-state index contributed by atoms with van der Waals surface area (Å²) in [6.07, 6.45) is 1.30. The Balaban J connectivity index is 1.84. The van der Waals surface area contributed by atoms with Crippen LogP contribution >= 0.6 is 11.3 Å². The summed E-state index contributed by atoms with van der Waals surface area (Å²) in [4.78, 5) is 37.2. The molecule has 0 radical (unpaired) electrons. The van der Waals surface area contributed by atoms with Crippen molar-refractivity contribution in [3.63, 3.8) is 0 Å². The monoisotopic (exact) mass is 444 g/mol. The number of amides is 2. The molecular weight excluding hydrogens is 420 g/mol. The highest BCUT2D eigenvalue weighted by Gasteiger charge is 2.27. The summed E-state index contributed by atoms with van der Waals surface area (Å²) in [5.41, 5.74) is 7.91. The number of aryl methyl sites for hydroxylation is 2. The van der Waals surface area contributed by atoms with Crippen molar-refractivity contribution >= 4 is 34.1 Å². The zero-order valence-corrected chi connectivity index (χ0v) is 18.7. The van der Waals surface area contributed by atoms with E-state index in [2.05, 4.69) is 15.5 Å². The van der Waals surface area contributed by atoms with Crippen LogP contribution in [0.3, 0.4) is 0 Å². The number of hydrogen-bond donors (Lipinski definition) is 2. The number of nitrogens with zero attached hydrogens (tertiary/aromatic N) is 4. The van der Waals surface area contributed by atoms with E-state index in [0.29, 0.717) is 12.2 Å². The number of nitrogens with one attached hydrogen (secondary N) is 1. The third kappa shape index (κ3) is 4.82. The molecule has 31 heavy (non-hydrogen) atoms. The summed E-state index contributed by atoms with van der Waals surface area (Å²) in [7, 11) is 0. The van der Waals surface area contributed by atoms with Crippen LogP contribution < -0.4 is 11.1 Å². The minimum absolute atomic E-state index is 0.114. The van der Waals surface area contributed by atoms with Crippen molar-refractivity contribution in [1.29, 1.82) is 0 Å². The summed E-state index contributed by atoms with van der Waals surface area (Å²) < 4.78 is 8.61. The molecule has 0 saturated heterocycles. The maximum absolute atomic E-state index is 12.8. The van der Waals surface area contributed by atoms with E-state index in [9.17, 15) is 14.4 Å². The van der Waals surface area contributed by atoms with Gasteiger partial charge in [0.15, 0.2) is 5.69 Å². The van der Waals surface area contributed by atoms with Gasteiger partial charge in [-0.05, 0) is 52.3 Å². The Kier molecular flexibility index (Phi) is 6.25. The van der Waals surface area contributed by atoms with Gasteiger partial charge in [0.25, 0.3) is 11.8 Å². The molecule has 0 aliphatic heterocycles. The number of esters is 1. The van der Waals surface area contributed by atoms with Crippen molar-refractivity contribution in [2.45, 2.75) is 47.4 Å². The van der Waals surface area contributed by atoms with Crippen molar-refractivity contribution in [3.05, 3.63) is 51.4 Å². The Labute approximate surface area is 183 Å². The van der Waals surface area contributed by atoms with Crippen LogP contribution in [0.1, 0.15) is 61.3 Å². The molecule has 0 saturated carbocycles. The molecule has 0 unspecified atom stereocenters. The van der Waals surface area contributed by atoms with Gasteiger partial charge in [-0.2, -0.15) is 10.2 Å². The molecule has 0 atom stereocenters. The van der Waals surface area contributed by atoms with E-state index in [1.165, 1.54) is 0 Å². The number of primary amides is 1. The minimum Gasteiger partial charge on any atom is -0.459 e. The van der Waals surface area contributed by atoms with E-state index < -0.39 is 17.8 Å². The van der Waals surface area contributed by atoms with Gasteiger partial charge in [0.2, 0.25) is 0 Å². The summed E-state index contributed by atoms with van der Waals surface area (Å²) in [6.45, 7) is 9.20. The second-order valence-corrected chi connectivity index (χ2v) is 8.36. The van der Waals surface area contributed by atoms with Gasteiger partial charge >= 0.3 is 5.97 Å². The van der Waals surface area contributed by atoms with E-state index in [0.717, 1.165) is 22.7 Å². The Morgan fingerprint density at radius 1 is 1.23 bits per heavy atom. The van der Waals surface area contributed by atoms with Crippen LogP contribution in [0.4, 0.5) is 5.00 Å². The first-order chi connectivity index (χ1) is 14.6. The van der Waals surface area contributed by atoms with Crippen LogP contribution in [-0.4, -0.2) is 43.4 Å². The maximum Gasteiger partial charge on any atom is 0.341 e. The topological polar surface area (TPSA) is 134 Å². The number of rotatable bonds is 7. The van der Waals surface area contributed by atoms with E-state index in [-0.39, 0.29) is 27.2 Å². The van der Waals surface area contributed by atoms with Crippen LogP contribution in [0.25, 0.3) is 0 Å². The van der Waals surface area contributed by atoms with Crippen molar-refractivity contribution in [2.24, 2.45) is 5.73 Å². The third-order valence-corrected chi connectivity index (χ3v) is 5.62. The summed E-state index contributed by atoms with van der Waals surface area (Å²) in [5, 5.41) is 11.5. The second-order valence-electron chi connectivity index (χ2n) is 7.34. The highest BCUT2D eigenvalue weighted by atomic mass is 32.1. The quantitative estimate of drug-likeness (QED) is 0.538. The van der Waals surface area contributed by atoms with Gasteiger partial charge in [0, 0.05) is 11.9 Å². The van der Waals surface area contributed by atoms with E-state index in [4.69, 9.17) is 10.5 Å². The molecule has 2 amide bonds. The van der Waals surface area contributed by atoms with Crippen molar-refractivity contribution in [3.8, 4) is 0 Å². The smallest absolute Gasteiger partial charge is 0.341 e. The lowest BCUT2D eigenvalue weighted by Gasteiger charge is -2.10. The summed E-state index contributed by atoms with van der Waals surface area (Å²) in [5.74, 6) is -1.85. The molecule has 0 fully saturated rings.